The molecule has 16 nitrogen and oxygen atoms in total. The van der Waals surface area contributed by atoms with Gasteiger partial charge >= 0.3 is 35.8 Å². The molecule has 0 aromatic carbocycles. The standard InChI is InChI=1S/C50H90N2O14/c1-9-11-25-33-45(63-49(59)39-51(5,6)65-41(3)53)43(55)31-27-21-17-13-15-19-23-29-35-47(57)61-37-38-62-48(58)36-30-24-20-16-14-18-22-28-32-44(56)46(34-26-12-10-2)64-50(60)40-52(7,8)66-42(4)54/h21-22,27-28,43-46,55-56H,9-20,23-26,29-40H2,1-8H3/q+2/b27-21-,28-22-. The Balaban J connectivity index is 4.08. The van der Waals surface area contributed by atoms with E-state index in [0.29, 0.717) is 38.5 Å². The van der Waals surface area contributed by atoms with Crippen molar-refractivity contribution < 1.29 is 76.9 Å². The average Bonchev–Trinajstić information content (AvgIpc) is 3.21. The van der Waals surface area contributed by atoms with Crippen LogP contribution in [0.5, 0.6) is 0 Å². The predicted molar refractivity (Wildman–Crippen MR) is 252 cm³/mol. The number of quaternary nitrogens is 2. The molecule has 0 aromatic heterocycles. The van der Waals surface area contributed by atoms with Crippen LogP contribution >= 0.6 is 0 Å². The van der Waals surface area contributed by atoms with Crippen molar-refractivity contribution in [3.63, 3.8) is 0 Å². The van der Waals surface area contributed by atoms with Crippen molar-refractivity contribution in [2.45, 2.75) is 206 Å². The third-order valence-electron chi connectivity index (χ3n) is 10.6. The van der Waals surface area contributed by atoms with Crippen LogP contribution in [0, 0.1) is 0 Å². The predicted octanol–water partition coefficient (Wildman–Crippen LogP) is 8.24. The third-order valence-corrected chi connectivity index (χ3v) is 10.6. The second-order valence-corrected chi connectivity index (χ2v) is 18.3. The second-order valence-electron chi connectivity index (χ2n) is 18.3. The molecular weight excluding hydrogens is 853 g/mol. The van der Waals surface area contributed by atoms with Crippen LogP contribution in [0.2, 0.25) is 0 Å². The number of carbonyl (C=O) groups is 6. The molecule has 0 rings (SSSR count). The zero-order valence-corrected chi connectivity index (χ0v) is 42.1. The lowest BCUT2D eigenvalue weighted by molar-refractivity contribution is -1.05. The summed E-state index contributed by atoms with van der Waals surface area (Å²) in [6.07, 6.45) is 24.1. The number of aliphatic hydroxyl groups is 2. The summed E-state index contributed by atoms with van der Waals surface area (Å²) in [6.45, 7) is 6.52. The molecule has 382 valence electrons. The number of carbonyl (C=O) groups excluding carboxylic acids is 6. The smallest absolute Gasteiger partial charge is 0.366 e. The zero-order chi connectivity index (χ0) is 49.6. The molecule has 0 spiro atoms. The summed E-state index contributed by atoms with van der Waals surface area (Å²) < 4.78 is 21.1. The highest BCUT2D eigenvalue weighted by Gasteiger charge is 2.31. The Kier molecular flexibility index (Phi) is 35.9. The molecule has 0 saturated heterocycles. The number of hydrogen-bond donors (Lipinski definition) is 2. The van der Waals surface area contributed by atoms with Gasteiger partial charge in [-0.1, -0.05) is 102 Å². The first-order valence-corrected chi connectivity index (χ1v) is 24.7. The Morgan fingerprint density at radius 3 is 1.17 bits per heavy atom. The molecule has 0 aliphatic rings. The Labute approximate surface area is 396 Å². The molecule has 16 heteroatoms. The van der Waals surface area contributed by atoms with Gasteiger partial charge in [0, 0.05) is 26.7 Å². The number of hydroxylamine groups is 6. The van der Waals surface area contributed by atoms with Crippen LogP contribution in [0.25, 0.3) is 0 Å². The van der Waals surface area contributed by atoms with Crippen molar-refractivity contribution in [1.82, 2.24) is 0 Å². The van der Waals surface area contributed by atoms with Crippen LogP contribution in [-0.4, -0.2) is 134 Å². The van der Waals surface area contributed by atoms with E-state index in [2.05, 4.69) is 13.8 Å². The van der Waals surface area contributed by atoms with Gasteiger partial charge in [-0.15, -0.1) is 9.29 Å². The van der Waals surface area contributed by atoms with E-state index in [1.807, 2.05) is 24.3 Å². The Morgan fingerprint density at radius 1 is 0.470 bits per heavy atom. The molecular formula is C50H90N2O14+2. The summed E-state index contributed by atoms with van der Waals surface area (Å²) in [5.41, 5.74) is 0. The Hall–Kier alpha value is -3.86. The first-order chi connectivity index (χ1) is 31.3. The van der Waals surface area contributed by atoms with E-state index in [1.165, 1.54) is 13.8 Å². The number of likely N-dealkylation sites (N-methyl/N-ethyl adjacent to an activating group) is 2. The van der Waals surface area contributed by atoms with E-state index < -0.39 is 48.3 Å². The highest BCUT2D eigenvalue weighted by Crippen LogP contribution is 2.18. The van der Waals surface area contributed by atoms with Crippen molar-refractivity contribution in [3.05, 3.63) is 24.3 Å². The molecule has 0 aliphatic heterocycles. The summed E-state index contributed by atoms with van der Waals surface area (Å²) >= 11 is 0. The van der Waals surface area contributed by atoms with Crippen LogP contribution in [0.3, 0.4) is 0 Å². The number of unbranched alkanes of at least 4 members (excludes halogenated alkanes) is 14. The van der Waals surface area contributed by atoms with Gasteiger partial charge in [-0.2, -0.15) is 0 Å². The maximum atomic E-state index is 12.6. The summed E-state index contributed by atoms with van der Waals surface area (Å²) in [4.78, 5) is 82.3. The molecule has 0 heterocycles. The van der Waals surface area contributed by atoms with E-state index in [9.17, 15) is 39.0 Å². The second kappa shape index (κ2) is 38.1. The number of nitrogens with zero attached hydrogens (tertiary/aromatic N) is 2. The highest BCUT2D eigenvalue weighted by atomic mass is 16.7. The fourth-order valence-corrected chi connectivity index (χ4v) is 7.23. The Morgan fingerprint density at radius 2 is 0.818 bits per heavy atom. The van der Waals surface area contributed by atoms with E-state index in [1.54, 1.807) is 28.2 Å². The molecule has 0 fully saturated rings. The van der Waals surface area contributed by atoms with Crippen LogP contribution in [0.15, 0.2) is 24.3 Å². The molecule has 0 amide bonds. The normalized spacial score (nSPS) is 13.8. The summed E-state index contributed by atoms with van der Waals surface area (Å²) in [5.74, 6) is -2.64. The minimum atomic E-state index is -0.827. The maximum absolute atomic E-state index is 12.6. The number of ether oxygens (including phenoxy) is 4. The topological polar surface area (TPSA) is 198 Å². The molecule has 66 heavy (non-hydrogen) atoms. The van der Waals surface area contributed by atoms with Gasteiger partial charge in [0.1, 0.15) is 53.6 Å². The maximum Gasteiger partial charge on any atom is 0.366 e. The largest absolute Gasteiger partial charge is 0.462 e. The van der Waals surface area contributed by atoms with Crippen LogP contribution in [0.1, 0.15) is 182 Å². The van der Waals surface area contributed by atoms with Gasteiger partial charge in [0.25, 0.3) is 0 Å². The van der Waals surface area contributed by atoms with Gasteiger partial charge < -0.3 is 29.2 Å². The van der Waals surface area contributed by atoms with Gasteiger partial charge in [-0.05, 0) is 77.0 Å². The summed E-state index contributed by atoms with van der Waals surface area (Å²) in [6, 6.07) is 0. The molecule has 2 N–H and O–H groups in total. The lowest BCUT2D eigenvalue weighted by Crippen LogP contribution is -2.46. The van der Waals surface area contributed by atoms with E-state index >= 15 is 0 Å². The first kappa shape index (κ1) is 62.1. The van der Waals surface area contributed by atoms with Gasteiger partial charge in [-0.3, -0.25) is 19.3 Å². The molecule has 0 aliphatic carbocycles. The number of allylic oxidation sites excluding steroid dienone is 2. The molecule has 4 atom stereocenters. The summed E-state index contributed by atoms with van der Waals surface area (Å²) in [5, 5.41) is 21.6. The van der Waals surface area contributed by atoms with Gasteiger partial charge in [0.2, 0.25) is 13.1 Å². The monoisotopic (exact) mass is 943 g/mol. The summed E-state index contributed by atoms with van der Waals surface area (Å²) in [7, 11) is 6.37. The SMILES string of the molecule is CCCCCC(OC(=O)C[N+](C)(C)OC(C)=O)C(O)C/C=C\CCCCCCCC(=O)OCCOC(=O)CCCCCCC/C=C\CC(O)C(CCCCC)OC(=O)C[N+](C)(C)OC(C)=O. The van der Waals surface area contributed by atoms with Gasteiger partial charge in [-0.25, -0.2) is 19.2 Å². The fraction of sp³-hybridized carbons (Fsp3) is 0.800. The van der Waals surface area contributed by atoms with Crippen molar-refractivity contribution in [2.75, 3.05) is 54.5 Å². The van der Waals surface area contributed by atoms with Crippen molar-refractivity contribution in [3.8, 4) is 0 Å². The molecule has 0 aromatic rings. The zero-order valence-electron chi connectivity index (χ0n) is 42.1. The van der Waals surface area contributed by atoms with Gasteiger partial charge in [0.05, 0.1) is 12.2 Å². The minimum Gasteiger partial charge on any atom is -0.462 e. The average molecular weight is 943 g/mol. The Bertz CT molecular complexity index is 1310. The van der Waals surface area contributed by atoms with E-state index in [4.69, 9.17) is 28.6 Å². The number of esters is 4. The minimum absolute atomic E-state index is 0.0473. The molecule has 0 saturated carbocycles. The quantitative estimate of drug-likeness (QED) is 0.0148. The fourth-order valence-electron chi connectivity index (χ4n) is 7.23. The van der Waals surface area contributed by atoms with Crippen LogP contribution < -0.4 is 0 Å². The lowest BCUT2D eigenvalue weighted by atomic mass is 10.0. The van der Waals surface area contributed by atoms with Crippen molar-refractivity contribution >= 4 is 35.8 Å². The van der Waals surface area contributed by atoms with Crippen molar-refractivity contribution in [1.29, 1.82) is 0 Å². The number of aliphatic hydroxyl groups excluding tert-OH is 2. The van der Waals surface area contributed by atoms with Crippen molar-refractivity contribution in [2.24, 2.45) is 0 Å². The third kappa shape index (κ3) is 37.3. The van der Waals surface area contributed by atoms with E-state index in [-0.39, 0.29) is 47.5 Å². The molecule has 0 radical (unpaired) electrons. The lowest BCUT2D eigenvalue weighted by Gasteiger charge is -2.27. The molecule has 4 unspecified atom stereocenters. The van der Waals surface area contributed by atoms with Gasteiger partial charge in [0.15, 0.2) is 0 Å². The van der Waals surface area contributed by atoms with Crippen LogP contribution in [-0.2, 0) is 57.4 Å². The number of hydrogen-bond acceptors (Lipinski definition) is 14. The van der Waals surface area contributed by atoms with E-state index in [0.717, 1.165) is 116 Å². The van der Waals surface area contributed by atoms with Crippen LogP contribution in [0.4, 0.5) is 0 Å². The molecule has 0 bridgehead atoms. The first-order valence-electron chi connectivity index (χ1n) is 24.7. The number of rotatable bonds is 41. The highest BCUT2D eigenvalue weighted by molar-refractivity contribution is 5.72.